The lowest BCUT2D eigenvalue weighted by molar-refractivity contribution is 0.253. The molecule has 1 aliphatic heterocycles. The van der Waals surface area contributed by atoms with Crippen LogP contribution in [0.3, 0.4) is 0 Å². The molecule has 0 spiro atoms. The van der Waals surface area contributed by atoms with Gasteiger partial charge >= 0.3 is 6.03 Å². The first-order chi connectivity index (χ1) is 16.4. The summed E-state index contributed by atoms with van der Waals surface area (Å²) < 4.78 is 30.8. The zero-order valence-electron chi connectivity index (χ0n) is 18.5. The van der Waals surface area contributed by atoms with Gasteiger partial charge in [-0.05, 0) is 44.3 Å². The average Bonchev–Trinajstić information content (AvgIpc) is 2.91. The summed E-state index contributed by atoms with van der Waals surface area (Å²) in [5.74, 6) is -1.56. The third-order valence-electron chi connectivity index (χ3n) is 5.43. The van der Waals surface area contributed by atoms with E-state index in [1.807, 2.05) is 6.07 Å². The van der Waals surface area contributed by atoms with E-state index in [1.165, 1.54) is 17.2 Å². The van der Waals surface area contributed by atoms with Gasteiger partial charge in [-0.15, -0.1) is 0 Å². The zero-order valence-corrected chi connectivity index (χ0v) is 19.2. The monoisotopic (exact) mass is 482 g/mol. The highest BCUT2D eigenvalue weighted by atomic mass is 35.5. The number of hydrogen-bond donors (Lipinski definition) is 2. The van der Waals surface area contributed by atoms with Crippen molar-refractivity contribution >= 4 is 40.5 Å². The van der Waals surface area contributed by atoms with Crippen molar-refractivity contribution < 1.29 is 13.6 Å². The van der Waals surface area contributed by atoms with Gasteiger partial charge < -0.3 is 10.6 Å². The minimum atomic E-state index is -0.929. The quantitative estimate of drug-likeness (QED) is 0.467. The standard InChI is InChI=1S/C24H21ClF2N6O/c1-3-32-23-18(9-15(25)13-31-23)17-5-4-14(12-28)8-21(17)33(24(32)34)22-19(26)10-16(11-20(22)27)30-7-6-29-2/h4-5,8-11,13,29-30H,3,6-7H2,1-2H3. The molecular weight excluding hydrogens is 462 g/mol. The average molecular weight is 483 g/mol. The first kappa shape index (κ1) is 23.4. The van der Waals surface area contributed by atoms with Gasteiger partial charge in [0.25, 0.3) is 0 Å². The molecule has 1 aliphatic rings. The molecule has 10 heteroatoms. The minimum absolute atomic E-state index is 0.152. The summed E-state index contributed by atoms with van der Waals surface area (Å²) in [6.07, 6.45) is 1.40. The van der Waals surface area contributed by atoms with Crippen LogP contribution in [0.5, 0.6) is 0 Å². The number of fused-ring (bicyclic) bond motifs is 3. The van der Waals surface area contributed by atoms with Gasteiger partial charge in [0.2, 0.25) is 0 Å². The molecule has 2 aromatic carbocycles. The minimum Gasteiger partial charge on any atom is -0.384 e. The van der Waals surface area contributed by atoms with Gasteiger partial charge in [0.1, 0.15) is 11.5 Å². The number of amides is 2. The maximum Gasteiger partial charge on any atom is 0.334 e. The van der Waals surface area contributed by atoms with Crippen molar-refractivity contribution in [2.24, 2.45) is 0 Å². The van der Waals surface area contributed by atoms with Crippen LogP contribution in [0.15, 0.2) is 42.6 Å². The molecule has 3 aromatic rings. The Morgan fingerprint density at radius 1 is 1.12 bits per heavy atom. The van der Waals surface area contributed by atoms with E-state index >= 15 is 8.78 Å². The van der Waals surface area contributed by atoms with Crippen molar-refractivity contribution in [2.45, 2.75) is 6.92 Å². The summed E-state index contributed by atoms with van der Waals surface area (Å²) in [4.78, 5) is 20.3. The summed E-state index contributed by atoms with van der Waals surface area (Å²) in [5.41, 5.74) is 1.05. The van der Waals surface area contributed by atoms with Crippen LogP contribution in [0, 0.1) is 23.0 Å². The fraction of sp³-hybridized carbons (Fsp3) is 0.208. The number of pyridine rings is 1. The molecule has 7 nitrogen and oxygen atoms in total. The van der Waals surface area contributed by atoms with Crippen molar-refractivity contribution in [1.29, 1.82) is 5.26 Å². The number of anilines is 4. The lowest BCUT2D eigenvalue weighted by Gasteiger charge is -2.28. The van der Waals surface area contributed by atoms with Crippen LogP contribution in [-0.2, 0) is 0 Å². The third-order valence-corrected chi connectivity index (χ3v) is 5.64. The van der Waals surface area contributed by atoms with Crippen molar-refractivity contribution in [3.63, 3.8) is 0 Å². The second kappa shape index (κ2) is 9.63. The Kier molecular flexibility index (Phi) is 6.63. The van der Waals surface area contributed by atoms with Gasteiger partial charge in [-0.25, -0.2) is 18.6 Å². The second-order valence-corrected chi connectivity index (χ2v) is 7.99. The number of urea groups is 1. The summed E-state index contributed by atoms with van der Waals surface area (Å²) in [6.45, 7) is 2.97. The molecule has 2 heterocycles. The van der Waals surface area contributed by atoms with Crippen LogP contribution in [0.1, 0.15) is 12.5 Å². The van der Waals surface area contributed by atoms with Crippen molar-refractivity contribution in [2.75, 3.05) is 41.8 Å². The van der Waals surface area contributed by atoms with Crippen molar-refractivity contribution in [1.82, 2.24) is 10.3 Å². The molecule has 0 saturated heterocycles. The maximum absolute atomic E-state index is 15.4. The predicted molar refractivity (Wildman–Crippen MR) is 129 cm³/mol. The normalized spacial score (nSPS) is 12.6. The molecule has 1 aromatic heterocycles. The Bertz CT molecular complexity index is 1290. The number of nitrogens with zero attached hydrogens (tertiary/aromatic N) is 4. The van der Waals surface area contributed by atoms with Gasteiger partial charge in [-0.3, -0.25) is 9.80 Å². The number of halogens is 3. The molecule has 2 amide bonds. The van der Waals surface area contributed by atoms with E-state index in [2.05, 4.69) is 15.6 Å². The Morgan fingerprint density at radius 3 is 2.50 bits per heavy atom. The predicted octanol–water partition coefficient (Wildman–Crippen LogP) is 5.28. The van der Waals surface area contributed by atoms with E-state index in [0.717, 1.165) is 17.0 Å². The van der Waals surface area contributed by atoms with Gasteiger partial charge in [-0.2, -0.15) is 5.26 Å². The Labute approximate surface area is 200 Å². The summed E-state index contributed by atoms with van der Waals surface area (Å²) in [7, 11) is 1.77. The van der Waals surface area contributed by atoms with Crippen LogP contribution in [0.25, 0.3) is 11.1 Å². The SMILES string of the molecule is CCN1C(=O)N(c2c(F)cc(NCCNC)cc2F)c2cc(C#N)ccc2-c2cc(Cl)cnc21. The Hall–Kier alpha value is -3.74. The lowest BCUT2D eigenvalue weighted by atomic mass is 10.0. The zero-order chi connectivity index (χ0) is 24.4. The fourth-order valence-electron chi connectivity index (χ4n) is 3.89. The van der Waals surface area contributed by atoms with E-state index in [1.54, 1.807) is 32.2 Å². The molecule has 0 aliphatic carbocycles. The van der Waals surface area contributed by atoms with E-state index in [4.69, 9.17) is 11.6 Å². The summed E-state index contributed by atoms with van der Waals surface area (Å²) in [6, 6.07) is 9.83. The number of benzene rings is 2. The van der Waals surface area contributed by atoms with Crippen LogP contribution in [-0.4, -0.2) is 37.7 Å². The number of carbonyl (C=O) groups excluding carboxylic acids is 1. The molecule has 0 bridgehead atoms. The highest BCUT2D eigenvalue weighted by Gasteiger charge is 2.36. The number of rotatable bonds is 6. The van der Waals surface area contributed by atoms with Crippen LogP contribution in [0.4, 0.5) is 36.5 Å². The molecule has 2 N–H and O–H groups in total. The van der Waals surface area contributed by atoms with E-state index in [-0.39, 0.29) is 23.5 Å². The van der Waals surface area contributed by atoms with E-state index in [9.17, 15) is 10.1 Å². The molecule has 0 radical (unpaired) electrons. The molecule has 0 saturated carbocycles. The molecule has 0 unspecified atom stereocenters. The number of carbonyl (C=O) groups is 1. The van der Waals surface area contributed by atoms with E-state index in [0.29, 0.717) is 35.1 Å². The second-order valence-electron chi connectivity index (χ2n) is 7.55. The maximum atomic E-state index is 15.4. The molecule has 0 fully saturated rings. The largest absolute Gasteiger partial charge is 0.384 e. The van der Waals surface area contributed by atoms with Crippen LogP contribution >= 0.6 is 11.6 Å². The highest BCUT2D eigenvalue weighted by Crippen LogP contribution is 2.45. The number of aromatic nitrogens is 1. The third kappa shape index (κ3) is 4.14. The molecule has 0 atom stereocenters. The Balaban J connectivity index is 1.96. The number of hydrogen-bond acceptors (Lipinski definition) is 5. The molecule has 4 rings (SSSR count). The van der Waals surface area contributed by atoms with Crippen molar-refractivity contribution in [3.8, 4) is 17.2 Å². The summed E-state index contributed by atoms with van der Waals surface area (Å²) in [5, 5.41) is 15.7. The number of likely N-dealkylation sites (N-methyl/N-ethyl adjacent to an activating group) is 1. The first-order valence-corrected chi connectivity index (χ1v) is 11.0. The highest BCUT2D eigenvalue weighted by molar-refractivity contribution is 6.31. The van der Waals surface area contributed by atoms with Gasteiger partial charge in [0.05, 0.1) is 22.3 Å². The lowest BCUT2D eigenvalue weighted by Crippen LogP contribution is -2.41. The summed E-state index contributed by atoms with van der Waals surface area (Å²) >= 11 is 6.19. The molecule has 34 heavy (non-hydrogen) atoms. The fourth-order valence-corrected chi connectivity index (χ4v) is 4.05. The topological polar surface area (TPSA) is 84.3 Å². The van der Waals surface area contributed by atoms with Gasteiger partial charge in [0, 0.05) is 42.6 Å². The van der Waals surface area contributed by atoms with Crippen LogP contribution < -0.4 is 20.4 Å². The van der Waals surface area contributed by atoms with Gasteiger partial charge in [-0.1, -0.05) is 17.7 Å². The first-order valence-electron chi connectivity index (χ1n) is 10.6. The Morgan fingerprint density at radius 2 is 1.85 bits per heavy atom. The smallest absolute Gasteiger partial charge is 0.334 e. The number of nitrogens with one attached hydrogen (secondary N) is 2. The van der Waals surface area contributed by atoms with Crippen molar-refractivity contribution in [3.05, 3.63) is 64.8 Å². The number of nitriles is 1. The molecule has 174 valence electrons. The van der Waals surface area contributed by atoms with Gasteiger partial charge in [0.15, 0.2) is 11.6 Å². The van der Waals surface area contributed by atoms with Crippen LogP contribution in [0.2, 0.25) is 5.02 Å². The molecular formula is C24H21ClF2N6O. The van der Waals surface area contributed by atoms with E-state index < -0.39 is 23.4 Å².